The number of amides is 8. The van der Waals surface area contributed by atoms with Crippen molar-refractivity contribution in [3.8, 4) is 0 Å². The van der Waals surface area contributed by atoms with Crippen molar-refractivity contribution in [2.24, 2.45) is 0 Å². The number of hydrogen-bond acceptors (Lipinski definition) is 6. The van der Waals surface area contributed by atoms with Crippen LogP contribution in [0.4, 0.5) is 41.4 Å². The lowest BCUT2D eigenvalue weighted by Gasteiger charge is -2.12. The molecule has 300 valence electrons. The first kappa shape index (κ1) is 47.2. The number of anilines is 4. The minimum Gasteiger partial charge on any atom is -0.341 e. The third kappa shape index (κ3) is 16.0. The molecule has 0 atom stereocenters. The second-order valence-electron chi connectivity index (χ2n) is 12.2. The number of nitrogens with one attached hydrogen (secondary N) is 4. The van der Waals surface area contributed by atoms with Crippen LogP contribution in [0.25, 0.3) is 10.2 Å². The van der Waals surface area contributed by atoms with Crippen molar-refractivity contribution in [1.29, 1.82) is 0 Å². The Balaban J connectivity index is 0.000000258. The molecule has 0 saturated carbocycles. The fourth-order valence-corrected chi connectivity index (χ4v) is 5.27. The summed E-state index contributed by atoms with van der Waals surface area (Å²) in [5.41, 5.74) is 3.99. The van der Waals surface area contributed by atoms with E-state index in [1.165, 1.54) is 30.9 Å². The molecule has 0 aliphatic carbocycles. The monoisotopic (exact) mass is 863 g/mol. The van der Waals surface area contributed by atoms with E-state index in [0.717, 1.165) is 21.5 Å². The molecule has 0 radical (unpaired) electrons. The highest BCUT2D eigenvalue weighted by molar-refractivity contribution is 7.22. The van der Waals surface area contributed by atoms with Gasteiger partial charge in [0.25, 0.3) is 0 Å². The van der Waals surface area contributed by atoms with Crippen LogP contribution >= 0.6 is 57.7 Å². The van der Waals surface area contributed by atoms with E-state index in [2.05, 4.69) is 26.3 Å². The van der Waals surface area contributed by atoms with Gasteiger partial charge < -0.3 is 36.0 Å². The van der Waals surface area contributed by atoms with Crippen molar-refractivity contribution >= 4 is 114 Å². The Hall–Kier alpha value is -4.99. The number of fused-ring (bicyclic) bond motifs is 1. The number of urea groups is 4. The van der Waals surface area contributed by atoms with Gasteiger partial charge in [-0.2, -0.15) is 0 Å². The number of carbonyl (C=O) groups excluding carboxylic acids is 4. The molecule has 18 heteroatoms. The van der Waals surface area contributed by atoms with Crippen LogP contribution in [0.5, 0.6) is 0 Å². The summed E-state index contributed by atoms with van der Waals surface area (Å²) in [5.74, 6) is 0. The molecule has 1 aromatic heterocycles. The van der Waals surface area contributed by atoms with Crippen molar-refractivity contribution in [2.75, 3.05) is 77.2 Å². The van der Waals surface area contributed by atoms with Crippen molar-refractivity contribution in [3.05, 3.63) is 111 Å². The quantitative estimate of drug-likeness (QED) is 0.142. The fraction of sp³-hybridized carbons (Fsp3) is 0.237. The topological polar surface area (TPSA) is 142 Å². The highest BCUT2D eigenvalue weighted by Gasteiger charge is 2.13. The summed E-state index contributed by atoms with van der Waals surface area (Å²) in [6, 6.07) is 24.5. The van der Waals surface area contributed by atoms with Crippen LogP contribution in [0, 0.1) is 6.92 Å². The van der Waals surface area contributed by atoms with Gasteiger partial charge in [-0.25, -0.2) is 24.2 Å². The molecule has 0 aliphatic rings. The van der Waals surface area contributed by atoms with Crippen LogP contribution in [-0.2, 0) is 0 Å². The third-order valence-electron chi connectivity index (χ3n) is 7.00. The molecule has 13 nitrogen and oxygen atoms in total. The lowest BCUT2D eigenvalue weighted by Crippen LogP contribution is -2.34. The van der Waals surface area contributed by atoms with Crippen LogP contribution in [0.15, 0.2) is 84.9 Å². The first-order valence-electron chi connectivity index (χ1n) is 16.6. The molecule has 1 heterocycles. The fourth-order valence-electron chi connectivity index (χ4n) is 3.74. The zero-order valence-electron chi connectivity index (χ0n) is 32.4. The summed E-state index contributed by atoms with van der Waals surface area (Å²) in [7, 11) is 13.4. The van der Waals surface area contributed by atoms with Gasteiger partial charge in [-0.15, -0.1) is 0 Å². The van der Waals surface area contributed by atoms with Crippen molar-refractivity contribution in [2.45, 2.75) is 6.92 Å². The molecule has 4 aromatic carbocycles. The number of rotatable bonds is 4. The molecule has 0 unspecified atom stereocenters. The minimum atomic E-state index is -0.205. The first-order chi connectivity index (χ1) is 26.3. The predicted octanol–water partition coefficient (Wildman–Crippen LogP) is 10.3. The van der Waals surface area contributed by atoms with Gasteiger partial charge in [-0.1, -0.05) is 75.9 Å². The van der Waals surface area contributed by atoms with Crippen LogP contribution in [0.2, 0.25) is 20.1 Å². The van der Waals surface area contributed by atoms with Crippen molar-refractivity contribution in [3.63, 3.8) is 0 Å². The van der Waals surface area contributed by atoms with E-state index in [1.54, 1.807) is 105 Å². The molecule has 8 amide bonds. The van der Waals surface area contributed by atoms with Crippen LogP contribution in [0.1, 0.15) is 5.56 Å². The van der Waals surface area contributed by atoms with Crippen LogP contribution in [-0.4, -0.2) is 100 Å². The second kappa shape index (κ2) is 23.2. The standard InChI is InChI=1S/C10H13ClN2O.C10H11N3OS.C9H10Cl2N2O.C9H11ClN2O/c1-7-4-5-8(6-9(7)11)12-10(14)13(2)3;1-11-9(14)13(2)10-12-7-5-3-4-6-8(7)15-10;1-13(2)9(14)12-6-3-4-7(10)8(11)5-6;1-12(2)9(13)11-8-5-3-7(10)4-6-8/h4-6H,1-3H3,(H,12,14);3-6H,1-2H3,(H,11,14);3-5H,1-2H3,(H,12,14);3-6H,1-2H3,(H,11,13). The number of para-hydroxylation sites is 1. The van der Waals surface area contributed by atoms with Gasteiger partial charge >= 0.3 is 24.1 Å². The Bertz CT molecular complexity index is 1980. The highest BCUT2D eigenvalue weighted by atomic mass is 35.5. The molecule has 5 rings (SSSR count). The molecule has 0 spiro atoms. The highest BCUT2D eigenvalue weighted by Crippen LogP contribution is 2.28. The predicted molar refractivity (Wildman–Crippen MR) is 235 cm³/mol. The summed E-state index contributed by atoms with van der Waals surface area (Å²) in [4.78, 5) is 55.3. The molecule has 4 N–H and O–H groups in total. The molecule has 0 fully saturated rings. The third-order valence-corrected chi connectivity index (χ3v) is 9.51. The number of halogens is 4. The Kier molecular flexibility index (Phi) is 19.5. The van der Waals surface area contributed by atoms with E-state index in [4.69, 9.17) is 46.4 Å². The number of benzene rings is 4. The number of aryl methyl sites for hydroxylation is 1. The van der Waals surface area contributed by atoms with Gasteiger partial charge in [0.15, 0.2) is 5.13 Å². The van der Waals surface area contributed by atoms with Gasteiger partial charge in [0.2, 0.25) is 0 Å². The SMILES string of the molecule is CN(C)C(=O)Nc1ccc(Cl)c(Cl)c1.CN(C)C(=O)Nc1ccc(Cl)cc1.CNC(=O)N(C)c1nc2ccccc2s1.Cc1ccc(NC(=O)N(C)C)cc1Cl. The van der Waals surface area contributed by atoms with Gasteiger partial charge in [-0.05, 0) is 79.2 Å². The smallest absolute Gasteiger partial charge is 0.323 e. The molecule has 0 aliphatic heterocycles. The average molecular weight is 866 g/mol. The summed E-state index contributed by atoms with van der Waals surface area (Å²) < 4.78 is 1.09. The maximum absolute atomic E-state index is 11.4. The lowest BCUT2D eigenvalue weighted by atomic mass is 10.2. The summed E-state index contributed by atoms with van der Waals surface area (Å²) in [5, 5.41) is 13.5. The van der Waals surface area contributed by atoms with Crippen molar-refractivity contribution in [1.82, 2.24) is 25.0 Å². The van der Waals surface area contributed by atoms with Gasteiger partial charge in [-0.3, -0.25) is 4.90 Å². The van der Waals surface area contributed by atoms with E-state index < -0.39 is 0 Å². The van der Waals surface area contributed by atoms with Gasteiger partial charge in [0.1, 0.15) is 0 Å². The van der Waals surface area contributed by atoms with E-state index in [1.807, 2.05) is 43.3 Å². The zero-order chi connectivity index (χ0) is 42.1. The molecule has 0 saturated heterocycles. The summed E-state index contributed by atoms with van der Waals surface area (Å²) in [6.45, 7) is 1.92. The Labute approximate surface area is 351 Å². The van der Waals surface area contributed by atoms with E-state index in [0.29, 0.717) is 36.6 Å². The maximum atomic E-state index is 11.4. The molecule has 0 bridgehead atoms. The Morgan fingerprint density at radius 1 is 0.571 bits per heavy atom. The summed E-state index contributed by atoms with van der Waals surface area (Å²) in [6.07, 6.45) is 0. The molecule has 56 heavy (non-hydrogen) atoms. The van der Waals surface area contributed by atoms with E-state index in [-0.39, 0.29) is 24.1 Å². The molecular weight excluding hydrogens is 820 g/mol. The average Bonchev–Trinajstić information content (AvgIpc) is 3.60. The van der Waals surface area contributed by atoms with E-state index >= 15 is 0 Å². The Morgan fingerprint density at radius 2 is 1.04 bits per heavy atom. The number of thiazole rings is 1. The number of carbonyl (C=O) groups is 4. The maximum Gasteiger partial charge on any atom is 0.323 e. The van der Waals surface area contributed by atoms with Crippen LogP contribution < -0.4 is 26.2 Å². The first-order valence-corrected chi connectivity index (χ1v) is 18.9. The second-order valence-corrected chi connectivity index (χ2v) is 14.8. The zero-order valence-corrected chi connectivity index (χ0v) is 36.2. The largest absolute Gasteiger partial charge is 0.341 e. The number of hydrogen-bond donors (Lipinski definition) is 4. The van der Waals surface area contributed by atoms with Crippen molar-refractivity contribution < 1.29 is 19.2 Å². The van der Waals surface area contributed by atoms with E-state index in [9.17, 15) is 19.2 Å². The number of aromatic nitrogens is 1. The minimum absolute atomic E-state index is 0.151. The normalized spacial score (nSPS) is 9.80. The summed E-state index contributed by atoms with van der Waals surface area (Å²) >= 11 is 24.6. The van der Waals surface area contributed by atoms with Crippen LogP contribution in [0.3, 0.4) is 0 Å². The molecule has 5 aromatic rings. The number of nitrogens with zero attached hydrogens (tertiary/aromatic N) is 5. The Morgan fingerprint density at radius 3 is 1.50 bits per heavy atom. The van der Waals surface area contributed by atoms with Gasteiger partial charge in [0, 0.05) is 83.5 Å². The lowest BCUT2D eigenvalue weighted by molar-refractivity contribution is 0.230. The van der Waals surface area contributed by atoms with Gasteiger partial charge in [0.05, 0.1) is 20.3 Å². The molecular formula is C38H45Cl4N9O4S.